The molecule has 1 aromatic heterocycles. The predicted molar refractivity (Wildman–Crippen MR) is 129 cm³/mol. The second-order valence-corrected chi connectivity index (χ2v) is 8.82. The molecule has 0 aliphatic carbocycles. The van der Waals surface area contributed by atoms with Crippen molar-refractivity contribution in [3.05, 3.63) is 60.0 Å². The summed E-state index contributed by atoms with van der Waals surface area (Å²) in [5, 5.41) is 20.7. The number of anilines is 2. The van der Waals surface area contributed by atoms with Crippen LogP contribution in [0.25, 0.3) is 11.3 Å². The normalized spacial score (nSPS) is 19.3. The molecule has 184 valence electrons. The first-order chi connectivity index (χ1) is 17.4. The Hall–Kier alpha value is -4.46. The van der Waals surface area contributed by atoms with Crippen LogP contribution in [0.2, 0.25) is 0 Å². The van der Waals surface area contributed by atoms with Gasteiger partial charge in [-0.15, -0.1) is 0 Å². The number of ether oxygens (including phenoxy) is 1. The zero-order chi connectivity index (χ0) is 25.2. The number of hydrogen-bond acceptors (Lipinski definition) is 7. The summed E-state index contributed by atoms with van der Waals surface area (Å²) in [4.78, 5) is 28.3. The molecule has 36 heavy (non-hydrogen) atoms. The van der Waals surface area contributed by atoms with Crippen molar-refractivity contribution in [2.75, 3.05) is 36.0 Å². The minimum absolute atomic E-state index is 0.0277. The molecule has 0 unspecified atom stereocenters. The highest BCUT2D eigenvalue weighted by Gasteiger charge is 2.33. The van der Waals surface area contributed by atoms with Crippen LogP contribution in [0.15, 0.2) is 48.7 Å². The summed E-state index contributed by atoms with van der Waals surface area (Å²) < 4.78 is 20.4. The van der Waals surface area contributed by atoms with Gasteiger partial charge >= 0.3 is 6.09 Å². The molecule has 2 aliphatic heterocycles. The number of amides is 2. The van der Waals surface area contributed by atoms with Crippen molar-refractivity contribution in [3.63, 3.8) is 0 Å². The van der Waals surface area contributed by atoms with Crippen LogP contribution in [0.3, 0.4) is 0 Å². The van der Waals surface area contributed by atoms with E-state index in [9.17, 15) is 9.59 Å². The summed E-state index contributed by atoms with van der Waals surface area (Å²) in [7, 11) is 0. The average Bonchev–Trinajstić information content (AvgIpc) is 3.62. The van der Waals surface area contributed by atoms with E-state index in [1.807, 2.05) is 17.0 Å². The van der Waals surface area contributed by atoms with Crippen molar-refractivity contribution in [1.29, 1.82) is 5.26 Å². The lowest BCUT2D eigenvalue weighted by molar-refractivity contribution is -0.119. The van der Waals surface area contributed by atoms with Gasteiger partial charge in [-0.3, -0.25) is 9.69 Å². The molecule has 0 saturated carbocycles. The summed E-state index contributed by atoms with van der Waals surface area (Å²) in [5.74, 6) is -0.646. The van der Waals surface area contributed by atoms with Crippen molar-refractivity contribution >= 4 is 23.4 Å². The van der Waals surface area contributed by atoms with Crippen LogP contribution in [-0.2, 0) is 9.53 Å². The van der Waals surface area contributed by atoms with Gasteiger partial charge in [0.05, 0.1) is 48.3 Å². The minimum atomic E-state index is -0.570. The maximum absolute atomic E-state index is 15.1. The number of nitriles is 1. The molecule has 2 amide bonds. The van der Waals surface area contributed by atoms with Crippen molar-refractivity contribution < 1.29 is 18.7 Å². The molecule has 2 fully saturated rings. The fourth-order valence-electron chi connectivity index (χ4n) is 4.50. The Morgan fingerprint density at radius 3 is 2.92 bits per heavy atom. The van der Waals surface area contributed by atoms with Crippen molar-refractivity contribution in [1.82, 2.24) is 20.3 Å². The minimum Gasteiger partial charge on any atom is -0.442 e. The first-order valence-electron chi connectivity index (χ1n) is 11.6. The fourth-order valence-corrected chi connectivity index (χ4v) is 4.50. The van der Waals surface area contributed by atoms with E-state index in [0.29, 0.717) is 35.7 Å². The van der Waals surface area contributed by atoms with E-state index in [4.69, 9.17) is 10.00 Å². The van der Waals surface area contributed by atoms with Crippen LogP contribution < -0.4 is 15.1 Å². The number of rotatable bonds is 6. The lowest BCUT2D eigenvalue weighted by Gasteiger charge is -2.21. The van der Waals surface area contributed by atoms with Crippen LogP contribution in [0, 0.1) is 17.1 Å². The van der Waals surface area contributed by atoms with E-state index in [1.54, 1.807) is 35.3 Å². The molecule has 11 heteroatoms. The van der Waals surface area contributed by atoms with Gasteiger partial charge in [0.15, 0.2) is 0 Å². The Labute approximate surface area is 206 Å². The summed E-state index contributed by atoms with van der Waals surface area (Å²) in [6.07, 6.45) is 1.36. The molecule has 0 radical (unpaired) electrons. The molecule has 1 N–H and O–H groups in total. The average molecular weight is 490 g/mol. The molecule has 2 aromatic carbocycles. The number of aromatic nitrogens is 3. The molecule has 3 heterocycles. The van der Waals surface area contributed by atoms with Crippen molar-refractivity contribution in [3.8, 4) is 17.3 Å². The van der Waals surface area contributed by atoms with Crippen LogP contribution in [-0.4, -0.2) is 59.3 Å². The second kappa shape index (κ2) is 9.65. The fraction of sp³-hybridized carbons (Fsp3) is 0.320. The van der Waals surface area contributed by atoms with Gasteiger partial charge in [0.1, 0.15) is 17.6 Å². The number of hydrogen-bond donors (Lipinski definition) is 1. The number of carbonyl (C=O) groups excluding carboxylic acids is 2. The third kappa shape index (κ3) is 4.70. The number of benzene rings is 2. The topological polar surface area (TPSA) is 116 Å². The quantitative estimate of drug-likeness (QED) is 0.566. The number of nitrogens with one attached hydrogen (secondary N) is 1. The summed E-state index contributed by atoms with van der Waals surface area (Å²) in [6.45, 7) is 3.00. The first-order valence-corrected chi connectivity index (χ1v) is 11.6. The molecule has 2 atom stereocenters. The highest BCUT2D eigenvalue weighted by atomic mass is 19.1. The maximum atomic E-state index is 15.1. The first kappa shape index (κ1) is 23.3. The molecular formula is C25H24FN7O3. The number of cyclic esters (lactones) is 1. The Morgan fingerprint density at radius 2 is 2.14 bits per heavy atom. The van der Waals surface area contributed by atoms with Gasteiger partial charge in [-0.05, 0) is 36.8 Å². The van der Waals surface area contributed by atoms with Gasteiger partial charge in [-0.2, -0.15) is 20.3 Å². The lowest BCUT2D eigenvalue weighted by atomic mass is 10.1. The van der Waals surface area contributed by atoms with Crippen LogP contribution in [0.1, 0.15) is 24.9 Å². The van der Waals surface area contributed by atoms with Gasteiger partial charge in [-0.1, -0.05) is 12.1 Å². The predicted octanol–water partition coefficient (Wildman–Crippen LogP) is 2.87. The van der Waals surface area contributed by atoms with Crippen LogP contribution in [0.4, 0.5) is 20.6 Å². The van der Waals surface area contributed by atoms with E-state index in [0.717, 1.165) is 12.0 Å². The number of nitrogens with zero attached hydrogens (tertiary/aromatic N) is 6. The van der Waals surface area contributed by atoms with Crippen LogP contribution in [0.5, 0.6) is 0 Å². The van der Waals surface area contributed by atoms with E-state index in [1.165, 1.54) is 17.9 Å². The van der Waals surface area contributed by atoms with Gasteiger partial charge in [0.2, 0.25) is 5.91 Å². The molecule has 5 rings (SSSR count). The van der Waals surface area contributed by atoms with Gasteiger partial charge in [0.25, 0.3) is 0 Å². The van der Waals surface area contributed by atoms with E-state index in [-0.39, 0.29) is 25.0 Å². The summed E-state index contributed by atoms with van der Waals surface area (Å²) in [5.41, 5.74) is 2.89. The van der Waals surface area contributed by atoms with E-state index in [2.05, 4.69) is 21.6 Å². The summed E-state index contributed by atoms with van der Waals surface area (Å²) >= 11 is 0. The summed E-state index contributed by atoms with van der Waals surface area (Å²) in [6, 6.07) is 14.0. The molecule has 0 bridgehead atoms. The van der Waals surface area contributed by atoms with Crippen molar-refractivity contribution in [2.45, 2.75) is 25.5 Å². The molecule has 0 spiro atoms. The van der Waals surface area contributed by atoms with E-state index >= 15 is 4.39 Å². The van der Waals surface area contributed by atoms with E-state index < -0.39 is 18.0 Å². The number of halogens is 1. The Bertz CT molecular complexity index is 1350. The SMILES string of the molecule is CC(=O)NC[C@H]1CN(c2ccc(N3CC[C@H](n4ncc(-c5cccc(C#N)c5)n4)C3)c(F)c2)C(=O)O1. The zero-order valence-corrected chi connectivity index (χ0v) is 19.6. The zero-order valence-electron chi connectivity index (χ0n) is 19.6. The van der Waals surface area contributed by atoms with Gasteiger partial charge in [-0.25, -0.2) is 9.18 Å². The Kier molecular flexibility index (Phi) is 6.25. The maximum Gasteiger partial charge on any atom is 0.414 e. The standard InChI is InChI=1S/C25H24FN7O3/c1-16(34)28-12-21-15-32(25(35)36-21)19-5-6-24(22(26)10-19)31-8-7-20(14-31)33-29-13-23(30-33)18-4-2-3-17(9-18)11-27/h2-6,9-10,13,20-21H,7-8,12,14-15H2,1H3,(H,28,34)/t20-,21-/m0/s1. The third-order valence-corrected chi connectivity index (χ3v) is 6.32. The largest absolute Gasteiger partial charge is 0.442 e. The second-order valence-electron chi connectivity index (χ2n) is 8.82. The Balaban J connectivity index is 1.25. The smallest absolute Gasteiger partial charge is 0.414 e. The van der Waals surface area contributed by atoms with Crippen molar-refractivity contribution in [2.24, 2.45) is 0 Å². The van der Waals surface area contributed by atoms with Gasteiger partial charge in [0, 0.05) is 25.6 Å². The monoisotopic (exact) mass is 489 g/mol. The van der Waals surface area contributed by atoms with Gasteiger partial charge < -0.3 is 15.0 Å². The number of carbonyl (C=O) groups is 2. The van der Waals surface area contributed by atoms with Crippen LogP contribution >= 0.6 is 0 Å². The lowest BCUT2D eigenvalue weighted by Crippen LogP contribution is -2.33. The highest BCUT2D eigenvalue weighted by Crippen LogP contribution is 2.32. The molecule has 3 aromatic rings. The molecule has 2 saturated heterocycles. The molecule has 2 aliphatic rings. The third-order valence-electron chi connectivity index (χ3n) is 6.32. The highest BCUT2D eigenvalue weighted by molar-refractivity contribution is 5.90. The molecular weight excluding hydrogens is 465 g/mol. The Morgan fingerprint density at radius 1 is 1.28 bits per heavy atom. The molecule has 10 nitrogen and oxygen atoms in total.